The summed E-state index contributed by atoms with van der Waals surface area (Å²) in [5.41, 5.74) is 6.31. The third-order valence-corrected chi connectivity index (χ3v) is 7.16. The summed E-state index contributed by atoms with van der Waals surface area (Å²) in [4.78, 5) is 32.6. The molecule has 0 radical (unpaired) electrons. The van der Waals surface area contributed by atoms with E-state index < -0.39 is 0 Å². The fourth-order valence-corrected chi connectivity index (χ4v) is 5.20. The number of aryl methyl sites for hydroxylation is 1. The Balaban J connectivity index is 1.42. The highest BCUT2D eigenvalue weighted by atomic mass is 16.5. The maximum absolute atomic E-state index is 13.8. The molecule has 3 aromatic carbocycles. The number of fused-ring (bicyclic) bond motifs is 3. The second kappa shape index (κ2) is 9.24. The molecule has 0 unspecified atom stereocenters. The number of hydrogen-bond acceptors (Lipinski definition) is 4. The van der Waals surface area contributed by atoms with Crippen LogP contribution in [-0.4, -0.2) is 33.7 Å². The maximum Gasteiger partial charge on any atom is 0.278 e. The lowest BCUT2D eigenvalue weighted by Gasteiger charge is -2.16. The summed E-state index contributed by atoms with van der Waals surface area (Å²) >= 11 is 0. The summed E-state index contributed by atoms with van der Waals surface area (Å²) in [7, 11) is 1.64. The van der Waals surface area contributed by atoms with Crippen LogP contribution in [0.15, 0.2) is 77.9 Å². The monoisotopic (exact) mass is 492 g/mol. The lowest BCUT2D eigenvalue weighted by molar-refractivity contribution is -0.117. The van der Waals surface area contributed by atoms with Crippen LogP contribution in [0.2, 0.25) is 0 Å². The van der Waals surface area contributed by atoms with E-state index in [0.29, 0.717) is 30.5 Å². The zero-order valence-electron chi connectivity index (χ0n) is 21.0. The second-order valence-electron chi connectivity index (χ2n) is 9.65. The van der Waals surface area contributed by atoms with Gasteiger partial charge in [0.05, 0.1) is 25.5 Å². The number of methoxy groups -OCH3 is 1. The minimum atomic E-state index is -0.0750. The van der Waals surface area contributed by atoms with Crippen LogP contribution in [0.4, 0.5) is 5.69 Å². The molecule has 1 aliphatic rings. The van der Waals surface area contributed by atoms with Gasteiger partial charge < -0.3 is 14.2 Å². The van der Waals surface area contributed by atoms with Gasteiger partial charge >= 0.3 is 0 Å². The standard InChI is InChI=1S/C30H28N4O3/c1-20-5-14-26-25(16-20)28-29(30(36)32(19-31-28)17-21-8-12-24(37-2)13-9-21)34(26)18-22-6-10-23(11-7-22)33-15-3-4-27(33)35/h5-14,16,19H,3-4,15,17-18H2,1-2H3. The number of amides is 1. The number of ether oxygens (including phenoxy) is 1. The minimum absolute atomic E-state index is 0.0750. The Morgan fingerprint density at radius 3 is 2.35 bits per heavy atom. The zero-order valence-corrected chi connectivity index (χ0v) is 21.0. The fraction of sp³-hybridized carbons (Fsp3) is 0.233. The number of benzene rings is 3. The third kappa shape index (κ3) is 4.16. The molecule has 5 aromatic rings. The second-order valence-corrected chi connectivity index (χ2v) is 9.65. The molecule has 2 aromatic heterocycles. The van der Waals surface area contributed by atoms with Crippen LogP contribution < -0.4 is 15.2 Å². The van der Waals surface area contributed by atoms with Crippen molar-refractivity contribution in [3.05, 3.63) is 100 Å². The molecule has 186 valence electrons. The van der Waals surface area contributed by atoms with E-state index in [1.54, 1.807) is 18.0 Å². The molecule has 1 saturated heterocycles. The van der Waals surface area contributed by atoms with Crippen LogP contribution in [0.25, 0.3) is 21.9 Å². The van der Waals surface area contributed by atoms with Crippen LogP contribution in [0.1, 0.15) is 29.5 Å². The predicted octanol–water partition coefficient (Wildman–Crippen LogP) is 4.89. The van der Waals surface area contributed by atoms with Crippen LogP contribution >= 0.6 is 0 Å². The molecular weight excluding hydrogens is 464 g/mol. The van der Waals surface area contributed by atoms with Gasteiger partial charge in [-0.2, -0.15) is 0 Å². The predicted molar refractivity (Wildman–Crippen MR) is 145 cm³/mol. The van der Waals surface area contributed by atoms with E-state index in [9.17, 15) is 9.59 Å². The quantitative estimate of drug-likeness (QED) is 0.338. The van der Waals surface area contributed by atoms with Gasteiger partial charge in [-0.3, -0.25) is 14.2 Å². The SMILES string of the molecule is COc1ccc(Cn2cnc3c4cc(C)ccc4n(Cc4ccc(N5CCCC5=O)cc4)c3c2=O)cc1. The molecule has 0 atom stereocenters. The first-order chi connectivity index (χ1) is 18.0. The van der Waals surface area contributed by atoms with Crippen molar-refractivity contribution in [1.82, 2.24) is 14.1 Å². The summed E-state index contributed by atoms with van der Waals surface area (Å²) in [6.45, 7) is 3.77. The van der Waals surface area contributed by atoms with Crippen molar-refractivity contribution in [2.75, 3.05) is 18.6 Å². The number of anilines is 1. The first kappa shape index (κ1) is 23.0. The van der Waals surface area contributed by atoms with E-state index in [2.05, 4.69) is 22.8 Å². The van der Waals surface area contributed by atoms with Gasteiger partial charge in [-0.1, -0.05) is 35.9 Å². The van der Waals surface area contributed by atoms with Crippen LogP contribution in [0.3, 0.4) is 0 Å². The molecular formula is C30H28N4O3. The Morgan fingerprint density at radius 1 is 0.919 bits per heavy atom. The van der Waals surface area contributed by atoms with Crippen molar-refractivity contribution in [2.45, 2.75) is 32.9 Å². The number of nitrogens with zero attached hydrogens (tertiary/aromatic N) is 4. The Bertz CT molecular complexity index is 1680. The van der Waals surface area contributed by atoms with Gasteiger partial charge in [0.25, 0.3) is 5.56 Å². The molecule has 37 heavy (non-hydrogen) atoms. The molecule has 1 aliphatic heterocycles. The summed E-state index contributed by atoms with van der Waals surface area (Å²) < 4.78 is 8.98. The van der Waals surface area contributed by atoms with E-state index in [1.807, 2.05) is 60.4 Å². The summed E-state index contributed by atoms with van der Waals surface area (Å²) in [6, 6.07) is 22.0. The molecule has 3 heterocycles. The molecule has 0 aliphatic carbocycles. The largest absolute Gasteiger partial charge is 0.497 e. The van der Waals surface area contributed by atoms with Crippen molar-refractivity contribution < 1.29 is 9.53 Å². The smallest absolute Gasteiger partial charge is 0.278 e. The number of hydrogen-bond donors (Lipinski definition) is 0. The van der Waals surface area contributed by atoms with Crippen molar-refractivity contribution in [3.8, 4) is 5.75 Å². The van der Waals surface area contributed by atoms with Crippen molar-refractivity contribution >= 4 is 33.5 Å². The zero-order chi connectivity index (χ0) is 25.5. The van der Waals surface area contributed by atoms with Gasteiger partial charge in [0.15, 0.2) is 0 Å². The normalized spacial score (nSPS) is 13.7. The third-order valence-electron chi connectivity index (χ3n) is 7.16. The molecule has 7 heteroatoms. The lowest BCUT2D eigenvalue weighted by Crippen LogP contribution is -2.24. The molecule has 0 N–H and O–H groups in total. The van der Waals surface area contributed by atoms with Gasteiger partial charge in [0.2, 0.25) is 5.91 Å². The average Bonchev–Trinajstić information content (AvgIpc) is 3.48. The Morgan fingerprint density at radius 2 is 1.65 bits per heavy atom. The summed E-state index contributed by atoms with van der Waals surface area (Å²) in [6.07, 6.45) is 3.15. The minimum Gasteiger partial charge on any atom is -0.497 e. The number of rotatable bonds is 6. The molecule has 0 spiro atoms. The summed E-state index contributed by atoms with van der Waals surface area (Å²) in [5.74, 6) is 0.953. The van der Waals surface area contributed by atoms with Gasteiger partial charge in [-0.05, 0) is 60.9 Å². The van der Waals surface area contributed by atoms with Crippen LogP contribution in [0.5, 0.6) is 5.75 Å². The van der Waals surface area contributed by atoms with Gasteiger partial charge in [0.1, 0.15) is 16.8 Å². The highest BCUT2D eigenvalue weighted by Gasteiger charge is 2.22. The number of aromatic nitrogens is 3. The molecule has 7 nitrogen and oxygen atoms in total. The molecule has 1 fully saturated rings. The lowest BCUT2D eigenvalue weighted by atomic mass is 10.1. The first-order valence-electron chi connectivity index (χ1n) is 12.5. The first-order valence-corrected chi connectivity index (χ1v) is 12.5. The van der Waals surface area contributed by atoms with Crippen LogP contribution in [-0.2, 0) is 17.9 Å². The molecule has 1 amide bonds. The maximum atomic E-state index is 13.8. The van der Waals surface area contributed by atoms with Crippen molar-refractivity contribution in [2.24, 2.45) is 0 Å². The van der Waals surface area contributed by atoms with E-state index in [1.165, 1.54) is 0 Å². The van der Waals surface area contributed by atoms with Gasteiger partial charge in [0, 0.05) is 30.6 Å². The molecule has 0 bridgehead atoms. The van der Waals surface area contributed by atoms with E-state index in [-0.39, 0.29) is 11.5 Å². The van der Waals surface area contributed by atoms with E-state index in [4.69, 9.17) is 9.72 Å². The van der Waals surface area contributed by atoms with E-state index in [0.717, 1.165) is 52.0 Å². The van der Waals surface area contributed by atoms with E-state index >= 15 is 0 Å². The van der Waals surface area contributed by atoms with Gasteiger partial charge in [-0.15, -0.1) is 0 Å². The Labute approximate surface area is 214 Å². The number of carbonyl (C=O) groups excluding carboxylic acids is 1. The average molecular weight is 493 g/mol. The van der Waals surface area contributed by atoms with Gasteiger partial charge in [-0.25, -0.2) is 4.98 Å². The molecule has 6 rings (SSSR count). The van der Waals surface area contributed by atoms with Crippen molar-refractivity contribution in [1.29, 1.82) is 0 Å². The summed E-state index contributed by atoms with van der Waals surface area (Å²) in [5, 5.41) is 0.975. The number of carbonyl (C=O) groups is 1. The van der Waals surface area contributed by atoms with Crippen LogP contribution in [0, 0.1) is 6.92 Å². The topological polar surface area (TPSA) is 69.4 Å². The highest BCUT2D eigenvalue weighted by Crippen LogP contribution is 2.28. The Kier molecular flexibility index (Phi) is 5.75. The fourth-order valence-electron chi connectivity index (χ4n) is 5.20. The molecule has 0 saturated carbocycles. The van der Waals surface area contributed by atoms with Crippen molar-refractivity contribution in [3.63, 3.8) is 0 Å². The Hall–Kier alpha value is -4.39. The highest BCUT2D eigenvalue weighted by molar-refractivity contribution is 6.05.